The molecule has 1 aliphatic carbocycles. The van der Waals surface area contributed by atoms with Crippen LogP contribution in [-0.4, -0.2) is 21.9 Å². The third kappa shape index (κ3) is 2.50. The van der Waals surface area contributed by atoms with Gasteiger partial charge in [-0.25, -0.2) is 0 Å². The van der Waals surface area contributed by atoms with Crippen molar-refractivity contribution < 1.29 is 0 Å². The van der Waals surface area contributed by atoms with Gasteiger partial charge in [0.2, 0.25) is 0 Å². The van der Waals surface area contributed by atoms with Gasteiger partial charge in [0.1, 0.15) is 5.54 Å². The third-order valence-corrected chi connectivity index (χ3v) is 3.52. The minimum Gasteiger partial charge on any atom is -0.299 e. The van der Waals surface area contributed by atoms with E-state index < -0.39 is 0 Å². The van der Waals surface area contributed by atoms with E-state index in [1.807, 2.05) is 17.8 Å². The van der Waals surface area contributed by atoms with Crippen molar-refractivity contribution in [1.82, 2.24) is 15.1 Å². The summed E-state index contributed by atoms with van der Waals surface area (Å²) in [5.41, 5.74) is 0.849. The number of nitrogens with one attached hydrogen (secondary N) is 1. The maximum atomic E-state index is 9.37. The van der Waals surface area contributed by atoms with Crippen molar-refractivity contribution in [3.8, 4) is 6.07 Å². The quantitative estimate of drug-likeness (QED) is 0.865. The summed E-state index contributed by atoms with van der Waals surface area (Å²) in [6.07, 6.45) is 7.84. The van der Waals surface area contributed by atoms with Crippen LogP contribution in [-0.2, 0) is 0 Å². The Hall–Kier alpha value is -1.34. The normalized spacial score (nSPS) is 28.2. The van der Waals surface area contributed by atoms with Gasteiger partial charge >= 0.3 is 0 Å². The Bertz CT molecular complexity index is 417. The number of nitriles is 1. The predicted octanol–water partition coefficient (Wildman–Crippen LogP) is 2.18. The summed E-state index contributed by atoms with van der Waals surface area (Å²) in [4.78, 5) is 0. The first-order chi connectivity index (χ1) is 8.19. The van der Waals surface area contributed by atoms with Crippen molar-refractivity contribution in [2.24, 2.45) is 0 Å². The molecule has 0 aliphatic heterocycles. The van der Waals surface area contributed by atoms with E-state index in [0.29, 0.717) is 6.04 Å². The van der Waals surface area contributed by atoms with Gasteiger partial charge in [-0.3, -0.25) is 10.00 Å². The smallest absolute Gasteiger partial charge is 0.108 e. The average Bonchev–Trinajstić information content (AvgIpc) is 2.93. The Morgan fingerprint density at radius 1 is 1.71 bits per heavy atom. The zero-order valence-electron chi connectivity index (χ0n) is 10.6. The van der Waals surface area contributed by atoms with Crippen molar-refractivity contribution in [3.05, 3.63) is 18.0 Å². The highest BCUT2D eigenvalue weighted by molar-refractivity contribution is 5.13. The number of rotatable bonds is 4. The van der Waals surface area contributed by atoms with E-state index in [2.05, 4.69) is 29.6 Å². The second kappa shape index (κ2) is 4.89. The molecule has 1 aromatic heterocycles. The van der Waals surface area contributed by atoms with Crippen molar-refractivity contribution in [2.75, 3.05) is 6.54 Å². The third-order valence-electron chi connectivity index (χ3n) is 3.52. The molecule has 1 aromatic rings. The maximum Gasteiger partial charge on any atom is 0.108 e. The number of hydrogen-bond acceptors (Lipinski definition) is 3. The molecule has 1 fully saturated rings. The number of aromatic nitrogens is 2. The fraction of sp³-hybridized carbons (Fsp3) is 0.692. The monoisotopic (exact) mass is 232 g/mol. The zero-order valence-corrected chi connectivity index (χ0v) is 10.6. The summed E-state index contributed by atoms with van der Waals surface area (Å²) in [6.45, 7) is 5.09. The zero-order chi connectivity index (χ0) is 12.3. The molecule has 1 N–H and O–H groups in total. The molecule has 1 heterocycles. The standard InChI is InChI=1S/C13H20N4/c1-3-6-15-13(10-14)5-4-12(7-13)17-9-11(2)8-16-17/h8-9,12,15H,3-7H2,1-2H3. The summed E-state index contributed by atoms with van der Waals surface area (Å²) < 4.78 is 2.02. The predicted molar refractivity (Wildman–Crippen MR) is 66.5 cm³/mol. The van der Waals surface area contributed by atoms with Crippen molar-refractivity contribution in [3.63, 3.8) is 0 Å². The molecule has 4 heteroatoms. The molecule has 1 aliphatic rings. The highest BCUT2D eigenvalue weighted by atomic mass is 15.3. The maximum absolute atomic E-state index is 9.37. The van der Waals surface area contributed by atoms with E-state index in [-0.39, 0.29) is 5.54 Å². The summed E-state index contributed by atoms with van der Waals surface area (Å²) >= 11 is 0. The highest BCUT2D eigenvalue weighted by Crippen LogP contribution is 2.37. The van der Waals surface area contributed by atoms with Gasteiger partial charge in [0, 0.05) is 12.6 Å². The van der Waals surface area contributed by atoms with Crippen LogP contribution in [0, 0.1) is 18.3 Å². The van der Waals surface area contributed by atoms with Gasteiger partial charge in [-0.05, 0) is 38.3 Å². The molecule has 0 saturated heterocycles. The molecule has 4 nitrogen and oxygen atoms in total. The fourth-order valence-electron chi connectivity index (χ4n) is 2.54. The Morgan fingerprint density at radius 2 is 2.53 bits per heavy atom. The molecule has 0 aromatic carbocycles. The first-order valence-corrected chi connectivity index (χ1v) is 6.36. The Kier molecular flexibility index (Phi) is 3.49. The van der Waals surface area contributed by atoms with Crippen LogP contribution in [0.4, 0.5) is 0 Å². The Morgan fingerprint density at radius 3 is 3.12 bits per heavy atom. The molecule has 0 radical (unpaired) electrons. The molecule has 0 bridgehead atoms. The number of nitrogens with zero attached hydrogens (tertiary/aromatic N) is 3. The largest absolute Gasteiger partial charge is 0.299 e. The lowest BCUT2D eigenvalue weighted by Crippen LogP contribution is -2.42. The topological polar surface area (TPSA) is 53.6 Å². The van der Waals surface area contributed by atoms with Gasteiger partial charge in [0.05, 0.1) is 18.3 Å². The first-order valence-electron chi connectivity index (χ1n) is 6.36. The van der Waals surface area contributed by atoms with Crippen molar-refractivity contribution in [1.29, 1.82) is 5.26 Å². The minimum absolute atomic E-state index is 0.333. The first kappa shape index (κ1) is 12.1. The highest BCUT2D eigenvalue weighted by Gasteiger charge is 2.39. The second-order valence-electron chi connectivity index (χ2n) is 5.02. The molecular formula is C13H20N4. The number of hydrogen-bond donors (Lipinski definition) is 1. The molecular weight excluding hydrogens is 212 g/mol. The SMILES string of the molecule is CCCNC1(C#N)CCC(n2cc(C)cn2)C1. The van der Waals surface area contributed by atoms with Crippen LogP contribution in [0.15, 0.2) is 12.4 Å². The van der Waals surface area contributed by atoms with Gasteiger partial charge < -0.3 is 0 Å². The molecule has 2 unspecified atom stereocenters. The van der Waals surface area contributed by atoms with E-state index in [4.69, 9.17) is 0 Å². The van der Waals surface area contributed by atoms with Gasteiger partial charge in [-0.15, -0.1) is 0 Å². The summed E-state index contributed by atoms with van der Waals surface area (Å²) in [7, 11) is 0. The van der Waals surface area contributed by atoms with Crippen LogP contribution in [0.5, 0.6) is 0 Å². The second-order valence-corrected chi connectivity index (χ2v) is 5.02. The molecule has 17 heavy (non-hydrogen) atoms. The van der Waals surface area contributed by atoms with Crippen molar-refractivity contribution in [2.45, 2.75) is 51.1 Å². The average molecular weight is 232 g/mol. The summed E-state index contributed by atoms with van der Waals surface area (Å²) in [5.74, 6) is 0. The van der Waals surface area contributed by atoms with Gasteiger partial charge in [0.15, 0.2) is 0 Å². The Labute approximate surface area is 103 Å². The van der Waals surface area contributed by atoms with E-state index in [0.717, 1.165) is 32.2 Å². The van der Waals surface area contributed by atoms with Crippen LogP contribution in [0.3, 0.4) is 0 Å². The molecule has 2 atom stereocenters. The fourth-order valence-corrected chi connectivity index (χ4v) is 2.54. The molecule has 1 saturated carbocycles. The van der Waals surface area contributed by atoms with Crippen LogP contribution in [0.2, 0.25) is 0 Å². The number of aryl methyl sites for hydroxylation is 1. The Balaban J connectivity index is 2.05. The van der Waals surface area contributed by atoms with Crippen LogP contribution >= 0.6 is 0 Å². The lowest BCUT2D eigenvalue weighted by Gasteiger charge is -2.22. The summed E-state index contributed by atoms with van der Waals surface area (Å²) in [6, 6.07) is 2.83. The van der Waals surface area contributed by atoms with E-state index in [1.54, 1.807) is 0 Å². The van der Waals surface area contributed by atoms with E-state index in [9.17, 15) is 5.26 Å². The van der Waals surface area contributed by atoms with Crippen LogP contribution < -0.4 is 5.32 Å². The van der Waals surface area contributed by atoms with E-state index >= 15 is 0 Å². The molecule has 2 rings (SSSR count). The molecule has 0 spiro atoms. The lowest BCUT2D eigenvalue weighted by molar-refractivity contribution is 0.388. The molecule has 0 amide bonds. The van der Waals surface area contributed by atoms with Gasteiger partial charge in [-0.2, -0.15) is 10.4 Å². The van der Waals surface area contributed by atoms with Crippen LogP contribution in [0.1, 0.15) is 44.2 Å². The molecule has 92 valence electrons. The van der Waals surface area contributed by atoms with Crippen LogP contribution in [0.25, 0.3) is 0 Å². The lowest BCUT2D eigenvalue weighted by atomic mass is 9.99. The van der Waals surface area contributed by atoms with Gasteiger partial charge in [0.25, 0.3) is 0 Å². The summed E-state index contributed by atoms with van der Waals surface area (Å²) in [5, 5.41) is 17.1. The van der Waals surface area contributed by atoms with E-state index in [1.165, 1.54) is 5.56 Å². The van der Waals surface area contributed by atoms with Crippen molar-refractivity contribution >= 4 is 0 Å². The minimum atomic E-state index is -0.333. The van der Waals surface area contributed by atoms with Gasteiger partial charge in [-0.1, -0.05) is 6.92 Å².